The van der Waals surface area contributed by atoms with Crippen LogP contribution in [0.25, 0.3) is 0 Å². The predicted octanol–water partition coefficient (Wildman–Crippen LogP) is 3.05. The molecule has 0 atom stereocenters. The van der Waals surface area contributed by atoms with Crippen LogP contribution >= 0.6 is 0 Å². The van der Waals surface area contributed by atoms with E-state index in [1.807, 2.05) is 43.1 Å². The number of amides is 1. The van der Waals surface area contributed by atoms with Crippen LogP contribution in [0, 0.1) is 0 Å². The molecule has 1 aromatic carbocycles. The lowest BCUT2D eigenvalue weighted by molar-refractivity contribution is -0.116. The molecule has 108 valence electrons. The van der Waals surface area contributed by atoms with Crippen molar-refractivity contribution in [3.05, 3.63) is 36.4 Å². The zero-order valence-corrected chi connectivity index (χ0v) is 12.4. The number of rotatable bonds is 5. The Bertz CT molecular complexity index is 523. The second-order valence-corrected chi connectivity index (χ2v) is 5.51. The number of hydrazine groups is 1. The van der Waals surface area contributed by atoms with Crippen molar-refractivity contribution in [2.24, 2.45) is 0 Å². The standard InChI is InChI=1S/C16H22N2O2/c1-5-6-10-20-14-9-7-8-13(11-14)18-16(3,4)12(2)15(19)17-18/h7-9,11H,2,5-6,10H2,1,3-4H3,(H,17,19). The van der Waals surface area contributed by atoms with E-state index >= 15 is 0 Å². The Morgan fingerprint density at radius 2 is 2.15 bits per heavy atom. The molecule has 1 amide bonds. The summed E-state index contributed by atoms with van der Waals surface area (Å²) in [7, 11) is 0. The third-order valence-electron chi connectivity index (χ3n) is 3.63. The summed E-state index contributed by atoms with van der Waals surface area (Å²) in [6.07, 6.45) is 2.14. The van der Waals surface area contributed by atoms with Gasteiger partial charge < -0.3 is 4.74 Å². The lowest BCUT2D eigenvalue weighted by Crippen LogP contribution is -2.44. The molecule has 1 heterocycles. The molecule has 2 rings (SSSR count). The van der Waals surface area contributed by atoms with Crippen molar-refractivity contribution in [2.45, 2.75) is 39.2 Å². The van der Waals surface area contributed by atoms with Crippen molar-refractivity contribution in [2.75, 3.05) is 11.6 Å². The highest BCUT2D eigenvalue weighted by molar-refractivity contribution is 6.00. The van der Waals surface area contributed by atoms with Gasteiger partial charge in [-0.05, 0) is 32.4 Å². The van der Waals surface area contributed by atoms with Crippen LogP contribution in [0.4, 0.5) is 5.69 Å². The topological polar surface area (TPSA) is 41.6 Å². The van der Waals surface area contributed by atoms with Crippen LogP contribution in [0.3, 0.4) is 0 Å². The van der Waals surface area contributed by atoms with E-state index < -0.39 is 5.54 Å². The number of nitrogens with zero attached hydrogens (tertiary/aromatic N) is 1. The van der Waals surface area contributed by atoms with Gasteiger partial charge in [0.15, 0.2) is 0 Å². The van der Waals surface area contributed by atoms with E-state index in [0.717, 1.165) is 24.3 Å². The molecule has 1 aliphatic rings. The summed E-state index contributed by atoms with van der Waals surface area (Å²) >= 11 is 0. The average molecular weight is 274 g/mol. The Balaban J connectivity index is 2.19. The number of unbranched alkanes of at least 4 members (excludes halogenated alkanes) is 1. The maximum atomic E-state index is 11.8. The Labute approximate surface area is 120 Å². The van der Waals surface area contributed by atoms with Crippen molar-refractivity contribution < 1.29 is 9.53 Å². The first-order chi connectivity index (χ1) is 9.46. The maximum Gasteiger partial charge on any atom is 0.267 e. The molecule has 0 aromatic heterocycles. The van der Waals surface area contributed by atoms with E-state index in [2.05, 4.69) is 18.9 Å². The molecule has 4 heteroatoms. The molecule has 1 aliphatic heterocycles. The van der Waals surface area contributed by atoms with E-state index in [0.29, 0.717) is 12.2 Å². The molecule has 4 nitrogen and oxygen atoms in total. The van der Waals surface area contributed by atoms with Crippen LogP contribution in [0.2, 0.25) is 0 Å². The van der Waals surface area contributed by atoms with Gasteiger partial charge in [0.1, 0.15) is 5.75 Å². The first-order valence-electron chi connectivity index (χ1n) is 7.00. The first-order valence-corrected chi connectivity index (χ1v) is 7.00. The fourth-order valence-corrected chi connectivity index (χ4v) is 2.16. The van der Waals surface area contributed by atoms with Crippen LogP contribution in [0.15, 0.2) is 36.4 Å². The minimum atomic E-state index is -0.445. The number of carbonyl (C=O) groups excluding carboxylic acids is 1. The Morgan fingerprint density at radius 3 is 2.75 bits per heavy atom. The SMILES string of the molecule is C=C1C(=O)NN(c2cccc(OCCCC)c2)C1(C)C. The van der Waals surface area contributed by atoms with E-state index in [-0.39, 0.29) is 5.91 Å². The number of anilines is 1. The van der Waals surface area contributed by atoms with Gasteiger partial charge in [0.25, 0.3) is 5.91 Å². The van der Waals surface area contributed by atoms with E-state index in [1.165, 1.54) is 0 Å². The molecule has 1 fully saturated rings. The van der Waals surface area contributed by atoms with Crippen LogP contribution < -0.4 is 15.2 Å². The second kappa shape index (κ2) is 5.57. The van der Waals surface area contributed by atoms with E-state index in [4.69, 9.17) is 4.74 Å². The minimum absolute atomic E-state index is 0.132. The Morgan fingerprint density at radius 1 is 1.40 bits per heavy atom. The number of hydrogen-bond donors (Lipinski definition) is 1. The van der Waals surface area contributed by atoms with Gasteiger partial charge >= 0.3 is 0 Å². The number of hydrogen-bond acceptors (Lipinski definition) is 3. The number of benzene rings is 1. The van der Waals surface area contributed by atoms with Crippen molar-refractivity contribution >= 4 is 11.6 Å². The largest absolute Gasteiger partial charge is 0.494 e. The molecular weight excluding hydrogens is 252 g/mol. The maximum absolute atomic E-state index is 11.8. The van der Waals surface area contributed by atoms with Crippen molar-refractivity contribution in [3.8, 4) is 5.75 Å². The fourth-order valence-electron chi connectivity index (χ4n) is 2.16. The lowest BCUT2D eigenvalue weighted by atomic mass is 9.96. The monoisotopic (exact) mass is 274 g/mol. The number of nitrogens with one attached hydrogen (secondary N) is 1. The Hall–Kier alpha value is -1.97. The average Bonchev–Trinajstić information content (AvgIpc) is 2.63. The van der Waals surface area contributed by atoms with Gasteiger partial charge in [0, 0.05) is 11.6 Å². The summed E-state index contributed by atoms with van der Waals surface area (Å²) in [5.41, 5.74) is 3.86. The van der Waals surface area contributed by atoms with Crippen LogP contribution in [-0.4, -0.2) is 18.1 Å². The summed E-state index contributed by atoms with van der Waals surface area (Å²) in [5.74, 6) is 0.686. The molecule has 0 aliphatic carbocycles. The summed E-state index contributed by atoms with van der Waals surface area (Å²) in [4.78, 5) is 11.8. The highest BCUT2D eigenvalue weighted by Crippen LogP contribution is 2.33. The van der Waals surface area contributed by atoms with Crippen LogP contribution in [0.1, 0.15) is 33.6 Å². The second-order valence-electron chi connectivity index (χ2n) is 5.51. The highest BCUT2D eigenvalue weighted by atomic mass is 16.5. The van der Waals surface area contributed by atoms with Gasteiger partial charge in [-0.3, -0.25) is 15.2 Å². The molecule has 0 saturated carbocycles. The van der Waals surface area contributed by atoms with E-state index in [1.54, 1.807) is 0 Å². The third-order valence-corrected chi connectivity index (χ3v) is 3.63. The van der Waals surface area contributed by atoms with Crippen molar-refractivity contribution in [1.29, 1.82) is 0 Å². The zero-order valence-electron chi connectivity index (χ0n) is 12.4. The number of carbonyl (C=O) groups is 1. The molecule has 0 bridgehead atoms. The fraction of sp³-hybridized carbons (Fsp3) is 0.438. The van der Waals surface area contributed by atoms with Gasteiger partial charge in [0.05, 0.1) is 17.8 Å². The summed E-state index contributed by atoms with van der Waals surface area (Å²) < 4.78 is 5.71. The van der Waals surface area contributed by atoms with Crippen LogP contribution in [0.5, 0.6) is 5.75 Å². The highest BCUT2D eigenvalue weighted by Gasteiger charge is 2.41. The summed E-state index contributed by atoms with van der Waals surface area (Å²) in [6, 6.07) is 7.75. The molecule has 1 N–H and O–H groups in total. The number of ether oxygens (including phenoxy) is 1. The third kappa shape index (κ3) is 2.64. The molecule has 1 aromatic rings. The van der Waals surface area contributed by atoms with E-state index in [9.17, 15) is 4.79 Å². The van der Waals surface area contributed by atoms with Gasteiger partial charge in [-0.15, -0.1) is 0 Å². The van der Waals surface area contributed by atoms with Gasteiger partial charge in [-0.1, -0.05) is 26.0 Å². The molecule has 20 heavy (non-hydrogen) atoms. The molecule has 0 spiro atoms. The normalized spacial score (nSPS) is 17.2. The molecule has 0 unspecified atom stereocenters. The molecular formula is C16H22N2O2. The summed E-state index contributed by atoms with van der Waals surface area (Å²) in [5, 5.41) is 1.84. The first kappa shape index (κ1) is 14.4. The van der Waals surface area contributed by atoms with Crippen LogP contribution in [-0.2, 0) is 4.79 Å². The minimum Gasteiger partial charge on any atom is -0.494 e. The summed E-state index contributed by atoms with van der Waals surface area (Å²) in [6.45, 7) is 10.6. The quantitative estimate of drug-likeness (QED) is 0.663. The predicted molar refractivity (Wildman–Crippen MR) is 80.7 cm³/mol. The van der Waals surface area contributed by atoms with Crippen molar-refractivity contribution in [1.82, 2.24) is 5.43 Å². The van der Waals surface area contributed by atoms with Gasteiger partial charge in [-0.25, -0.2) is 0 Å². The lowest BCUT2D eigenvalue weighted by Gasteiger charge is -2.32. The smallest absolute Gasteiger partial charge is 0.267 e. The zero-order chi connectivity index (χ0) is 14.8. The van der Waals surface area contributed by atoms with Gasteiger partial charge in [-0.2, -0.15) is 0 Å². The Kier molecular flexibility index (Phi) is 4.02. The van der Waals surface area contributed by atoms with Crippen molar-refractivity contribution in [3.63, 3.8) is 0 Å². The molecule has 0 radical (unpaired) electrons. The molecule has 1 saturated heterocycles. The van der Waals surface area contributed by atoms with Gasteiger partial charge in [0.2, 0.25) is 0 Å².